The van der Waals surface area contributed by atoms with Crippen molar-refractivity contribution in [2.75, 3.05) is 21.3 Å². The molecule has 3 aromatic carbocycles. The number of aromatic amines is 1. The van der Waals surface area contributed by atoms with Crippen LogP contribution in [0.3, 0.4) is 0 Å². The lowest BCUT2D eigenvalue weighted by Crippen LogP contribution is -2.05. The van der Waals surface area contributed by atoms with Crippen LogP contribution in [0.4, 0.5) is 0 Å². The van der Waals surface area contributed by atoms with Crippen molar-refractivity contribution in [3.63, 3.8) is 0 Å². The van der Waals surface area contributed by atoms with Crippen molar-refractivity contribution in [2.24, 2.45) is 0 Å². The number of nitrogens with zero attached hydrogens (tertiary/aromatic N) is 1. The maximum absolute atomic E-state index is 13.1. The molecule has 0 amide bonds. The van der Waals surface area contributed by atoms with Crippen LogP contribution in [0.5, 0.6) is 17.2 Å². The monoisotopic (exact) mass is 402 g/mol. The Bertz CT molecular complexity index is 1190. The van der Waals surface area contributed by atoms with E-state index in [1.807, 2.05) is 72.8 Å². The molecule has 1 heterocycles. The van der Waals surface area contributed by atoms with Crippen LogP contribution in [-0.2, 0) is 0 Å². The lowest BCUT2D eigenvalue weighted by Gasteiger charge is -2.16. The molecular formula is C24H22N2O4. The SMILES string of the molecule is COc1cc(-c2c(-c3ccccc3)c(=O)[nH]n2-c2ccccc2)cc(OC)c1OC. The normalized spacial score (nSPS) is 10.6. The maximum Gasteiger partial charge on any atom is 0.272 e. The quantitative estimate of drug-likeness (QED) is 0.515. The maximum atomic E-state index is 13.1. The Hall–Kier alpha value is -3.93. The fourth-order valence-electron chi connectivity index (χ4n) is 3.57. The van der Waals surface area contributed by atoms with E-state index in [4.69, 9.17) is 14.2 Å². The number of nitrogens with one attached hydrogen (secondary N) is 1. The first-order valence-corrected chi connectivity index (χ1v) is 9.44. The molecule has 152 valence electrons. The van der Waals surface area contributed by atoms with Crippen LogP contribution in [0.15, 0.2) is 77.6 Å². The van der Waals surface area contributed by atoms with Gasteiger partial charge in [0.2, 0.25) is 5.75 Å². The van der Waals surface area contributed by atoms with Crippen molar-refractivity contribution >= 4 is 0 Å². The van der Waals surface area contributed by atoms with Crippen molar-refractivity contribution < 1.29 is 14.2 Å². The number of aromatic nitrogens is 2. The van der Waals surface area contributed by atoms with Crippen molar-refractivity contribution in [1.29, 1.82) is 0 Å². The molecule has 0 fully saturated rings. The predicted molar refractivity (Wildman–Crippen MR) is 117 cm³/mol. The van der Waals surface area contributed by atoms with Gasteiger partial charge in [-0.1, -0.05) is 48.5 Å². The van der Waals surface area contributed by atoms with Gasteiger partial charge in [-0.15, -0.1) is 0 Å². The number of rotatable bonds is 6. The number of hydrogen-bond donors (Lipinski definition) is 1. The summed E-state index contributed by atoms with van der Waals surface area (Å²) in [6.07, 6.45) is 0. The third kappa shape index (κ3) is 3.33. The highest BCUT2D eigenvalue weighted by Gasteiger charge is 2.23. The largest absolute Gasteiger partial charge is 0.493 e. The summed E-state index contributed by atoms with van der Waals surface area (Å²) in [6, 6.07) is 22.9. The van der Waals surface area contributed by atoms with Gasteiger partial charge in [-0.2, -0.15) is 0 Å². The minimum atomic E-state index is -0.186. The highest BCUT2D eigenvalue weighted by atomic mass is 16.5. The average molecular weight is 402 g/mol. The van der Waals surface area contributed by atoms with Gasteiger partial charge in [0.25, 0.3) is 5.56 Å². The summed E-state index contributed by atoms with van der Waals surface area (Å²) in [5.74, 6) is 1.52. The van der Waals surface area contributed by atoms with Crippen LogP contribution in [0.1, 0.15) is 0 Å². The molecule has 0 bridgehead atoms. The second-order valence-electron chi connectivity index (χ2n) is 6.62. The summed E-state index contributed by atoms with van der Waals surface area (Å²) in [4.78, 5) is 13.1. The van der Waals surface area contributed by atoms with Gasteiger partial charge in [-0.25, -0.2) is 0 Å². The van der Waals surface area contributed by atoms with Gasteiger partial charge >= 0.3 is 0 Å². The van der Waals surface area contributed by atoms with E-state index >= 15 is 0 Å². The van der Waals surface area contributed by atoms with Crippen LogP contribution in [0, 0.1) is 0 Å². The molecule has 1 aromatic heterocycles. The van der Waals surface area contributed by atoms with Crippen molar-refractivity contribution in [3.8, 4) is 45.3 Å². The number of para-hydroxylation sites is 1. The third-order valence-electron chi connectivity index (χ3n) is 4.92. The highest BCUT2D eigenvalue weighted by Crippen LogP contribution is 2.43. The molecule has 0 saturated heterocycles. The van der Waals surface area contributed by atoms with Gasteiger partial charge in [0.15, 0.2) is 11.5 Å². The zero-order chi connectivity index (χ0) is 21.1. The first-order valence-electron chi connectivity index (χ1n) is 9.44. The van der Waals surface area contributed by atoms with Crippen molar-refractivity contribution in [2.45, 2.75) is 0 Å². The summed E-state index contributed by atoms with van der Waals surface area (Å²) in [5.41, 5.74) is 3.49. The molecule has 30 heavy (non-hydrogen) atoms. The van der Waals surface area contributed by atoms with E-state index in [-0.39, 0.29) is 5.56 Å². The lowest BCUT2D eigenvalue weighted by atomic mass is 10.0. The van der Waals surface area contributed by atoms with Crippen LogP contribution in [0.2, 0.25) is 0 Å². The number of H-pyrrole nitrogens is 1. The summed E-state index contributed by atoms with van der Waals surface area (Å²) in [5, 5.41) is 2.98. The smallest absolute Gasteiger partial charge is 0.272 e. The first kappa shape index (κ1) is 19.4. The van der Waals surface area contributed by atoms with E-state index in [9.17, 15) is 4.79 Å². The highest BCUT2D eigenvalue weighted by molar-refractivity contribution is 5.84. The minimum absolute atomic E-state index is 0.186. The summed E-state index contributed by atoms with van der Waals surface area (Å²) >= 11 is 0. The first-order chi connectivity index (χ1) is 14.7. The summed E-state index contributed by atoms with van der Waals surface area (Å²) in [7, 11) is 4.70. The van der Waals surface area contributed by atoms with Crippen molar-refractivity contribution in [1.82, 2.24) is 9.78 Å². The van der Waals surface area contributed by atoms with E-state index in [1.54, 1.807) is 26.0 Å². The zero-order valence-corrected chi connectivity index (χ0v) is 17.0. The van der Waals surface area contributed by atoms with E-state index in [0.29, 0.717) is 28.5 Å². The molecule has 0 aliphatic heterocycles. The molecule has 4 rings (SSSR count). The molecule has 0 radical (unpaired) electrons. The molecule has 0 saturated carbocycles. The topological polar surface area (TPSA) is 65.5 Å². The minimum Gasteiger partial charge on any atom is -0.493 e. The Kier molecular flexibility index (Phi) is 5.30. The Morgan fingerprint density at radius 3 is 1.83 bits per heavy atom. The van der Waals surface area contributed by atoms with E-state index in [2.05, 4.69) is 5.10 Å². The van der Waals surface area contributed by atoms with Crippen molar-refractivity contribution in [3.05, 3.63) is 83.2 Å². The second kappa shape index (κ2) is 8.21. The van der Waals surface area contributed by atoms with Gasteiger partial charge in [-0.05, 0) is 29.8 Å². The molecule has 1 N–H and O–H groups in total. The van der Waals surface area contributed by atoms with Crippen LogP contribution >= 0.6 is 0 Å². The number of benzene rings is 3. The molecule has 0 spiro atoms. The molecular weight excluding hydrogens is 380 g/mol. The van der Waals surface area contributed by atoms with Gasteiger partial charge in [0.05, 0.1) is 38.3 Å². The Labute approximate surface area is 174 Å². The van der Waals surface area contributed by atoms with Gasteiger partial charge in [0.1, 0.15) is 0 Å². The van der Waals surface area contributed by atoms with Crippen LogP contribution in [-0.4, -0.2) is 31.1 Å². The molecule has 6 heteroatoms. The second-order valence-corrected chi connectivity index (χ2v) is 6.62. The molecule has 0 atom stereocenters. The summed E-state index contributed by atoms with van der Waals surface area (Å²) < 4.78 is 18.3. The number of hydrogen-bond acceptors (Lipinski definition) is 4. The van der Waals surface area contributed by atoms with E-state index < -0.39 is 0 Å². The van der Waals surface area contributed by atoms with Crippen LogP contribution in [0.25, 0.3) is 28.1 Å². The fourth-order valence-corrected chi connectivity index (χ4v) is 3.57. The fraction of sp³-hybridized carbons (Fsp3) is 0.125. The van der Waals surface area contributed by atoms with E-state index in [0.717, 1.165) is 16.8 Å². The lowest BCUT2D eigenvalue weighted by molar-refractivity contribution is 0.324. The van der Waals surface area contributed by atoms with Gasteiger partial charge in [0, 0.05) is 5.56 Å². The van der Waals surface area contributed by atoms with Crippen LogP contribution < -0.4 is 19.8 Å². The summed E-state index contributed by atoms with van der Waals surface area (Å²) in [6.45, 7) is 0. The molecule has 0 aliphatic rings. The standard InChI is InChI=1S/C24H22N2O4/c1-28-19-14-17(15-20(29-2)23(19)30-3)22-21(16-10-6-4-7-11-16)24(27)25-26(22)18-12-8-5-9-13-18/h4-15H,1-3H3,(H,25,27). The molecule has 0 unspecified atom stereocenters. The molecule has 0 aliphatic carbocycles. The third-order valence-corrected chi connectivity index (χ3v) is 4.92. The van der Waals surface area contributed by atoms with Gasteiger partial charge < -0.3 is 14.2 Å². The number of methoxy groups -OCH3 is 3. The Balaban J connectivity index is 2.07. The predicted octanol–water partition coefficient (Wildman–Crippen LogP) is 4.53. The Morgan fingerprint density at radius 2 is 1.30 bits per heavy atom. The molecule has 4 aromatic rings. The number of ether oxygens (including phenoxy) is 3. The average Bonchev–Trinajstić information content (AvgIpc) is 3.16. The van der Waals surface area contributed by atoms with E-state index in [1.165, 1.54) is 0 Å². The molecule has 6 nitrogen and oxygen atoms in total. The Morgan fingerprint density at radius 1 is 0.733 bits per heavy atom. The van der Waals surface area contributed by atoms with Gasteiger partial charge in [-0.3, -0.25) is 14.6 Å². The zero-order valence-electron chi connectivity index (χ0n) is 17.0.